The van der Waals surface area contributed by atoms with Crippen molar-refractivity contribution >= 4 is 67.4 Å². The van der Waals surface area contributed by atoms with Gasteiger partial charge in [-0.3, -0.25) is 59.8 Å². The van der Waals surface area contributed by atoms with E-state index in [0.717, 1.165) is 91.1 Å². The molecule has 54 heteroatoms. The van der Waals surface area contributed by atoms with Crippen LogP contribution in [-0.2, 0) is 106 Å². The van der Waals surface area contributed by atoms with Gasteiger partial charge in [0.25, 0.3) is 0 Å². The molecule has 14 aromatic rings. The summed E-state index contributed by atoms with van der Waals surface area (Å²) >= 11 is 0. The summed E-state index contributed by atoms with van der Waals surface area (Å²) in [4.78, 5) is 62.3. The van der Waals surface area contributed by atoms with Crippen LogP contribution in [0.4, 0.5) is 142 Å². The summed E-state index contributed by atoms with van der Waals surface area (Å²) in [7, 11) is -45.3. The topological polar surface area (TPSA) is 199 Å². The first-order valence-electron chi connectivity index (χ1n) is 37.2. The molecule has 0 aliphatic carbocycles. The van der Waals surface area contributed by atoms with Gasteiger partial charge in [0, 0.05) is 97.1 Å². The standard InChI is InChI=1S/2C30H28N6.2C10H8N2.4BF4.2Cu.2F6P.H2O.Ru/c2*1-5-17-31-25(9-1)21-35(22-26-10-2-6-18-32-26)29-13-15-30(16-14-29)36(23-27-11-3-7-19-33-27)24-28-12-4-8-20-34-28;2*1-3-7-11-9(5-1)10-6-2-4-8-12-10;4*2-1(3,4)5;;;2*1-7(2,3,4,5)6;;/h2*1-20H,21-24H2;2*1-8H;;;;;;;;;1H2;/q;;;;4*-1;2*+2;2*-1;;+4. The first kappa shape index (κ1) is 120. The Hall–Kier alpha value is -11.8. The Kier molecular flexibility index (Phi) is 49.5. The molecule has 0 saturated heterocycles. The minimum absolute atomic E-state index is 0. The molecule has 0 unspecified atom stereocenters. The fourth-order valence-corrected chi connectivity index (χ4v) is 10.3. The summed E-state index contributed by atoms with van der Waals surface area (Å²) in [5.74, 6) is 0. The van der Waals surface area contributed by atoms with Gasteiger partial charge in [-0.25, -0.2) is 0 Å². The minimum atomic E-state index is -10.7. The number of pyridine rings is 12. The van der Waals surface area contributed by atoms with Crippen molar-refractivity contribution in [3.8, 4) is 22.8 Å². The molecule has 0 aliphatic rings. The summed E-state index contributed by atoms with van der Waals surface area (Å²) in [5, 5.41) is 0. The van der Waals surface area contributed by atoms with Gasteiger partial charge in [0.05, 0.1) is 121 Å². The monoisotopic (exact) mass is 2140 g/mol. The summed E-state index contributed by atoms with van der Waals surface area (Å²) in [6.45, 7) is 5.57. The average molecular weight is 2140 g/mol. The van der Waals surface area contributed by atoms with Gasteiger partial charge < -0.3 is 94.1 Å². The number of nitrogens with zero attached hydrogens (tertiary/aromatic N) is 16. The molecule has 2 radical (unpaired) electrons. The maximum absolute atomic E-state index is 10.7. The smallest absolute Gasteiger partial charge is 0.412 e. The van der Waals surface area contributed by atoms with Crippen molar-refractivity contribution in [3.05, 3.63) is 387 Å². The zero-order chi connectivity index (χ0) is 96.1. The normalized spacial score (nSPS) is 11.7. The second-order valence-corrected chi connectivity index (χ2v) is 29.6. The van der Waals surface area contributed by atoms with E-state index in [9.17, 15) is 119 Å². The Morgan fingerprint density at radius 3 is 0.358 bits per heavy atom. The van der Waals surface area contributed by atoms with Crippen LogP contribution in [0.25, 0.3) is 22.8 Å². The van der Waals surface area contributed by atoms with E-state index in [1.165, 1.54) is 0 Å². The summed E-state index contributed by atoms with van der Waals surface area (Å²) in [6.07, 6.45) is 21.8. The SMILES string of the molecule is F[B-](F)(F)F.F[B-](F)(F)F.F[B-](F)(F)F.F[B-](F)(F)F.F[P-](F)(F)(F)(F)F.F[P-](F)(F)(F)(F)F.O.[Cu+2].[Cu+2].[Ru+4].c1ccc(-c2ccccn2)nc1.c1ccc(-c2ccccn2)nc1.c1ccc(CN(Cc2ccccn2)c2ccc(N(Cc3ccccn3)Cc3ccccn3)cc2)nc1.c1ccc(CN(Cc2ccccn2)c2ccc(N(Cc3ccccn3)Cc3ccccn3)cc2)nc1. The fourth-order valence-electron chi connectivity index (χ4n) is 10.3. The van der Waals surface area contributed by atoms with Gasteiger partial charge in [-0.2, -0.15) is 0 Å². The molecule has 726 valence electrons. The van der Waals surface area contributed by atoms with E-state index < -0.39 is 44.6 Å². The zero-order valence-electron chi connectivity index (χ0n) is 68.4. The van der Waals surface area contributed by atoms with E-state index in [-0.39, 0.29) is 59.1 Å². The zero-order valence-corrected chi connectivity index (χ0v) is 73.8. The molecule has 0 amide bonds. The molecule has 0 bridgehead atoms. The van der Waals surface area contributed by atoms with Crippen molar-refractivity contribution in [3.63, 3.8) is 0 Å². The number of rotatable bonds is 22. The number of aromatic nitrogens is 12. The van der Waals surface area contributed by atoms with Crippen LogP contribution in [-0.4, -0.2) is 94.3 Å². The Bertz CT molecular complexity index is 4590. The van der Waals surface area contributed by atoms with Crippen molar-refractivity contribution in [2.75, 3.05) is 19.6 Å². The molecule has 12 heterocycles. The molecule has 17 nitrogen and oxygen atoms in total. The molecular weight excluding hydrogens is 2070 g/mol. The predicted octanol–water partition coefficient (Wildman–Crippen LogP) is 26.8. The number of hydrogen-bond donors (Lipinski definition) is 0. The summed E-state index contributed by atoms with van der Waals surface area (Å²) in [6, 6.07) is 88.8. The van der Waals surface area contributed by atoms with Gasteiger partial charge in [-0.15, -0.1) is 0 Å². The Morgan fingerprint density at radius 2 is 0.276 bits per heavy atom. The maximum atomic E-state index is 9.87. The number of anilines is 4. The van der Waals surface area contributed by atoms with Crippen molar-refractivity contribution in [1.29, 1.82) is 0 Å². The number of benzene rings is 2. The van der Waals surface area contributed by atoms with Crippen LogP contribution < -0.4 is 19.6 Å². The molecule has 0 atom stereocenters. The molecule has 134 heavy (non-hydrogen) atoms. The van der Waals surface area contributed by atoms with Crippen LogP contribution in [0.15, 0.2) is 341 Å². The van der Waals surface area contributed by atoms with Crippen LogP contribution in [0.3, 0.4) is 0 Å². The number of halogens is 28. The van der Waals surface area contributed by atoms with Gasteiger partial charge in [-0.1, -0.05) is 72.8 Å². The third-order valence-corrected chi connectivity index (χ3v) is 15.0. The van der Waals surface area contributed by atoms with Crippen molar-refractivity contribution in [1.82, 2.24) is 59.8 Å². The molecular formula is C80H74B4Cu2F28N16OP2Ru+2. The van der Waals surface area contributed by atoms with Crippen LogP contribution in [0.5, 0.6) is 0 Å². The van der Waals surface area contributed by atoms with Gasteiger partial charge in [0.2, 0.25) is 0 Å². The second-order valence-electron chi connectivity index (χ2n) is 25.8. The predicted molar refractivity (Wildman–Crippen MR) is 453 cm³/mol. The largest absolute Gasteiger partial charge is 4.00 e. The molecule has 0 fully saturated rings. The number of hydrogen-bond acceptors (Lipinski definition) is 16. The first-order valence-corrected chi connectivity index (χ1v) is 41.2. The van der Waals surface area contributed by atoms with Crippen molar-refractivity contribution in [2.24, 2.45) is 0 Å². The molecule has 0 spiro atoms. The molecule has 2 N–H and O–H groups in total. The van der Waals surface area contributed by atoms with E-state index in [2.05, 4.69) is 176 Å². The van der Waals surface area contributed by atoms with Gasteiger partial charge in [0.1, 0.15) is 0 Å². The summed E-state index contributed by atoms with van der Waals surface area (Å²) in [5.41, 5.74) is 16.3. The van der Waals surface area contributed by atoms with E-state index in [1.807, 2.05) is 219 Å². The van der Waals surface area contributed by atoms with Crippen LogP contribution in [0.2, 0.25) is 0 Å². The minimum Gasteiger partial charge on any atom is -0.412 e. The molecule has 0 saturated carbocycles. The molecule has 14 rings (SSSR count). The third kappa shape index (κ3) is 66.6. The second kappa shape index (κ2) is 55.2. The Balaban J connectivity index is 0.000000836. The van der Waals surface area contributed by atoms with Crippen LogP contribution in [0.1, 0.15) is 45.6 Å². The third-order valence-electron chi connectivity index (χ3n) is 15.0. The van der Waals surface area contributed by atoms with Crippen LogP contribution >= 0.6 is 15.6 Å². The molecule has 12 aromatic heterocycles. The maximum Gasteiger partial charge on any atom is 4.00 e. The average Bonchev–Trinajstić information content (AvgIpc) is 0.768. The van der Waals surface area contributed by atoms with Gasteiger partial charge in [0.15, 0.2) is 0 Å². The Morgan fingerprint density at radius 1 is 0.179 bits per heavy atom. The van der Waals surface area contributed by atoms with Crippen LogP contribution in [0, 0.1) is 0 Å². The first-order chi connectivity index (χ1) is 60.5. The molecule has 2 aromatic carbocycles. The van der Waals surface area contributed by atoms with E-state index in [1.54, 1.807) is 24.8 Å². The Labute approximate surface area is 782 Å². The van der Waals surface area contributed by atoms with Crippen molar-refractivity contribution < 1.29 is 179 Å². The molecule has 0 aliphatic heterocycles. The van der Waals surface area contributed by atoms with E-state index in [4.69, 9.17) is 0 Å². The van der Waals surface area contributed by atoms with Gasteiger partial charge in [-0.05, 0) is 194 Å². The fraction of sp³-hybridized carbons (Fsp3) is 0.100. The summed E-state index contributed by atoms with van der Waals surface area (Å²) < 4.78 is 274. The van der Waals surface area contributed by atoms with E-state index >= 15 is 0 Å². The quantitative estimate of drug-likeness (QED) is 0.0352. The van der Waals surface area contributed by atoms with Crippen molar-refractivity contribution in [2.45, 2.75) is 52.4 Å². The van der Waals surface area contributed by atoms with E-state index in [0.29, 0.717) is 52.4 Å². The van der Waals surface area contributed by atoms with Gasteiger partial charge >= 0.3 is 149 Å².